The van der Waals surface area contributed by atoms with Gasteiger partial charge in [0.25, 0.3) is 0 Å². The van der Waals surface area contributed by atoms with Gasteiger partial charge in [-0.25, -0.2) is 9.18 Å². The van der Waals surface area contributed by atoms with Crippen LogP contribution in [0.3, 0.4) is 0 Å². The van der Waals surface area contributed by atoms with Crippen LogP contribution in [0.4, 0.5) is 9.18 Å². The number of pyridine rings is 1. The average Bonchev–Trinajstić information content (AvgIpc) is 2.58. The molecule has 2 N–H and O–H groups in total. The van der Waals surface area contributed by atoms with Crippen molar-refractivity contribution in [3.63, 3.8) is 0 Å². The molecule has 3 rings (SSSR count). The fourth-order valence-electron chi connectivity index (χ4n) is 3.29. The number of hydrogen-bond acceptors (Lipinski definition) is 2. The van der Waals surface area contributed by atoms with Gasteiger partial charge >= 0.3 is 6.03 Å². The fraction of sp³-hybridized carbons (Fsp3) is 0.368. The molecule has 1 aromatic carbocycles. The van der Waals surface area contributed by atoms with Gasteiger partial charge in [0.15, 0.2) is 0 Å². The minimum atomic E-state index is -0.250. The molecule has 0 fully saturated rings. The molecule has 126 valence electrons. The van der Waals surface area contributed by atoms with Crippen molar-refractivity contribution in [2.75, 3.05) is 0 Å². The second kappa shape index (κ2) is 6.99. The van der Waals surface area contributed by atoms with Crippen LogP contribution in [-0.4, -0.2) is 11.0 Å². The number of carbonyl (C=O) groups excluding carboxylic acids is 1. The third kappa shape index (κ3) is 3.40. The van der Waals surface area contributed by atoms with Crippen LogP contribution in [0, 0.1) is 11.7 Å². The molecule has 2 amide bonds. The van der Waals surface area contributed by atoms with Crippen LogP contribution in [-0.2, 0) is 6.42 Å². The van der Waals surface area contributed by atoms with Gasteiger partial charge in [-0.2, -0.15) is 0 Å². The summed E-state index contributed by atoms with van der Waals surface area (Å²) < 4.78 is 14.0. The Kier molecular flexibility index (Phi) is 4.79. The van der Waals surface area contributed by atoms with E-state index in [4.69, 9.17) is 0 Å². The molecule has 1 aromatic heterocycles. The summed E-state index contributed by atoms with van der Waals surface area (Å²) >= 11 is 0. The minimum absolute atomic E-state index is 0.149. The SMILES string of the molecule is CC(NC(=O)NC1c2cccc(F)c2CCC1C)c1cccnc1. The van der Waals surface area contributed by atoms with Crippen molar-refractivity contribution >= 4 is 6.03 Å². The zero-order chi connectivity index (χ0) is 17.1. The first-order chi connectivity index (χ1) is 11.6. The lowest BCUT2D eigenvalue weighted by Gasteiger charge is -2.32. The smallest absolute Gasteiger partial charge is 0.315 e. The van der Waals surface area contributed by atoms with E-state index in [1.54, 1.807) is 18.5 Å². The van der Waals surface area contributed by atoms with Crippen LogP contribution >= 0.6 is 0 Å². The monoisotopic (exact) mass is 327 g/mol. The lowest BCUT2D eigenvalue weighted by molar-refractivity contribution is 0.226. The van der Waals surface area contributed by atoms with Gasteiger partial charge in [-0.3, -0.25) is 4.98 Å². The van der Waals surface area contributed by atoms with Crippen molar-refractivity contribution in [1.82, 2.24) is 15.6 Å². The third-order valence-corrected chi connectivity index (χ3v) is 4.73. The van der Waals surface area contributed by atoms with E-state index in [2.05, 4.69) is 22.5 Å². The number of halogens is 1. The van der Waals surface area contributed by atoms with Crippen LogP contribution in [0.2, 0.25) is 0 Å². The summed E-state index contributed by atoms with van der Waals surface area (Å²) in [6.07, 6.45) is 5.01. The number of urea groups is 1. The number of hydrogen-bond donors (Lipinski definition) is 2. The molecule has 0 aliphatic heterocycles. The van der Waals surface area contributed by atoms with Crippen molar-refractivity contribution < 1.29 is 9.18 Å². The first kappa shape index (κ1) is 16.4. The van der Waals surface area contributed by atoms with E-state index in [9.17, 15) is 9.18 Å². The summed E-state index contributed by atoms with van der Waals surface area (Å²) in [4.78, 5) is 16.5. The summed E-state index contributed by atoms with van der Waals surface area (Å²) in [6, 6.07) is 8.28. The first-order valence-corrected chi connectivity index (χ1v) is 8.30. The molecule has 5 heteroatoms. The quantitative estimate of drug-likeness (QED) is 0.898. The van der Waals surface area contributed by atoms with Crippen LogP contribution in [0.5, 0.6) is 0 Å². The standard InChI is InChI=1S/C19H22FN3O/c1-12-8-9-15-16(6-3-7-17(15)20)18(12)23-19(24)22-13(2)14-5-4-10-21-11-14/h3-7,10-13,18H,8-9H2,1-2H3,(H2,22,23,24). The maximum absolute atomic E-state index is 14.0. The second-order valence-electron chi connectivity index (χ2n) is 6.43. The first-order valence-electron chi connectivity index (χ1n) is 8.30. The van der Waals surface area contributed by atoms with Crippen LogP contribution < -0.4 is 10.6 Å². The molecule has 1 heterocycles. The molecule has 0 saturated heterocycles. The van der Waals surface area contributed by atoms with Crippen molar-refractivity contribution in [2.24, 2.45) is 5.92 Å². The van der Waals surface area contributed by atoms with Crippen molar-refractivity contribution in [1.29, 1.82) is 0 Å². The maximum Gasteiger partial charge on any atom is 0.315 e. The molecule has 0 saturated carbocycles. The average molecular weight is 327 g/mol. The van der Waals surface area contributed by atoms with Gasteiger partial charge in [0.05, 0.1) is 12.1 Å². The molecule has 0 bridgehead atoms. The van der Waals surface area contributed by atoms with E-state index in [1.165, 1.54) is 6.07 Å². The number of fused-ring (bicyclic) bond motifs is 1. The normalized spacial score (nSPS) is 20.8. The van der Waals surface area contributed by atoms with Gasteiger partial charge in [-0.1, -0.05) is 25.1 Å². The number of rotatable bonds is 3. The minimum Gasteiger partial charge on any atom is -0.332 e. The van der Waals surface area contributed by atoms with Crippen LogP contribution in [0.25, 0.3) is 0 Å². The number of nitrogens with one attached hydrogen (secondary N) is 2. The van der Waals surface area contributed by atoms with Crippen LogP contribution in [0.1, 0.15) is 49.0 Å². The molecule has 3 atom stereocenters. The molecular weight excluding hydrogens is 305 g/mol. The Morgan fingerprint density at radius 1 is 1.33 bits per heavy atom. The number of aromatic nitrogens is 1. The predicted octanol–water partition coefficient (Wildman–Crippen LogP) is 3.90. The van der Waals surface area contributed by atoms with Crippen molar-refractivity contribution in [3.05, 3.63) is 65.2 Å². The number of carbonyl (C=O) groups is 1. The maximum atomic E-state index is 14.0. The summed E-state index contributed by atoms with van der Waals surface area (Å²) in [5.41, 5.74) is 2.55. The van der Waals surface area contributed by atoms with Gasteiger partial charge in [0.2, 0.25) is 0 Å². The Labute approximate surface area is 141 Å². The van der Waals surface area contributed by atoms with Gasteiger partial charge in [0, 0.05) is 12.4 Å². The Bertz CT molecular complexity index is 720. The lowest BCUT2D eigenvalue weighted by Crippen LogP contribution is -2.42. The van der Waals surface area contributed by atoms with Gasteiger partial charge in [-0.05, 0) is 54.5 Å². The van der Waals surface area contributed by atoms with Gasteiger partial charge < -0.3 is 10.6 Å². The molecule has 0 radical (unpaired) electrons. The third-order valence-electron chi connectivity index (χ3n) is 4.73. The van der Waals surface area contributed by atoms with Crippen molar-refractivity contribution in [2.45, 2.75) is 38.8 Å². The van der Waals surface area contributed by atoms with E-state index in [0.717, 1.165) is 29.5 Å². The van der Waals surface area contributed by atoms with E-state index in [0.29, 0.717) is 0 Å². The van der Waals surface area contributed by atoms with E-state index in [-0.39, 0.29) is 29.8 Å². The summed E-state index contributed by atoms with van der Waals surface area (Å²) in [7, 11) is 0. The molecule has 2 aromatic rings. The van der Waals surface area contributed by atoms with E-state index < -0.39 is 0 Å². The highest BCUT2D eigenvalue weighted by atomic mass is 19.1. The van der Waals surface area contributed by atoms with Crippen LogP contribution in [0.15, 0.2) is 42.7 Å². The van der Waals surface area contributed by atoms with E-state index in [1.807, 2.05) is 25.1 Å². The molecule has 24 heavy (non-hydrogen) atoms. The van der Waals surface area contributed by atoms with Gasteiger partial charge in [0.1, 0.15) is 5.82 Å². The van der Waals surface area contributed by atoms with Crippen molar-refractivity contribution in [3.8, 4) is 0 Å². The zero-order valence-electron chi connectivity index (χ0n) is 13.9. The highest BCUT2D eigenvalue weighted by Gasteiger charge is 2.29. The molecule has 1 aliphatic carbocycles. The largest absolute Gasteiger partial charge is 0.332 e. The lowest BCUT2D eigenvalue weighted by atomic mass is 9.80. The highest BCUT2D eigenvalue weighted by Crippen LogP contribution is 2.35. The summed E-state index contributed by atoms with van der Waals surface area (Å²) in [6.45, 7) is 4.00. The Morgan fingerprint density at radius 2 is 2.17 bits per heavy atom. The number of benzene rings is 1. The zero-order valence-corrected chi connectivity index (χ0v) is 13.9. The van der Waals surface area contributed by atoms with E-state index >= 15 is 0 Å². The number of amides is 2. The second-order valence-corrected chi connectivity index (χ2v) is 6.43. The highest BCUT2D eigenvalue weighted by molar-refractivity contribution is 5.75. The topological polar surface area (TPSA) is 54.0 Å². The molecule has 3 unspecified atom stereocenters. The fourth-order valence-corrected chi connectivity index (χ4v) is 3.29. The van der Waals surface area contributed by atoms with Gasteiger partial charge in [-0.15, -0.1) is 0 Å². The summed E-state index contributed by atoms with van der Waals surface area (Å²) in [5.74, 6) is 0.0779. The Hall–Kier alpha value is -2.43. The molecule has 1 aliphatic rings. The Balaban J connectivity index is 1.72. The summed E-state index contributed by atoms with van der Waals surface area (Å²) in [5, 5.41) is 5.94. The number of nitrogens with zero attached hydrogens (tertiary/aromatic N) is 1. The predicted molar refractivity (Wildman–Crippen MR) is 90.9 cm³/mol. The molecule has 4 nitrogen and oxygen atoms in total. The molecular formula is C19H22FN3O. The Morgan fingerprint density at radius 3 is 2.92 bits per heavy atom. The molecule has 0 spiro atoms.